The highest BCUT2D eigenvalue weighted by Gasteiger charge is 2.35. The fourth-order valence-corrected chi connectivity index (χ4v) is 6.81. The van der Waals surface area contributed by atoms with Crippen LogP contribution in [0.4, 0.5) is 0 Å². The van der Waals surface area contributed by atoms with Gasteiger partial charge in [0.2, 0.25) is 15.9 Å². The number of methoxy groups -OCH3 is 1. The molecule has 1 unspecified atom stereocenters. The maximum Gasteiger partial charge on any atom is 0.243 e. The van der Waals surface area contributed by atoms with E-state index in [0.29, 0.717) is 26.2 Å². The molecule has 1 aliphatic rings. The Balaban J connectivity index is 1.55. The molecule has 4 rings (SSSR count). The summed E-state index contributed by atoms with van der Waals surface area (Å²) in [5, 5.41) is 2.04. The van der Waals surface area contributed by atoms with Crippen molar-refractivity contribution in [2.24, 2.45) is 0 Å². The molecule has 7 nitrogen and oxygen atoms in total. The van der Waals surface area contributed by atoms with Crippen LogP contribution in [0.3, 0.4) is 0 Å². The van der Waals surface area contributed by atoms with E-state index in [2.05, 4.69) is 0 Å². The lowest BCUT2D eigenvalue weighted by molar-refractivity contribution is -0.135. The summed E-state index contributed by atoms with van der Waals surface area (Å²) in [6.45, 7) is 5.11. The molecule has 1 aliphatic heterocycles. The van der Waals surface area contributed by atoms with Gasteiger partial charge in [-0.05, 0) is 68.0 Å². The number of benzene rings is 2. The third-order valence-corrected chi connectivity index (χ3v) is 9.43. The Morgan fingerprint density at radius 3 is 2.41 bits per heavy atom. The number of amides is 1. The zero-order valence-corrected chi connectivity index (χ0v) is 23.2. The van der Waals surface area contributed by atoms with Crippen LogP contribution in [0.2, 0.25) is 0 Å². The molecule has 9 heteroatoms. The van der Waals surface area contributed by atoms with E-state index >= 15 is 0 Å². The third kappa shape index (κ3) is 6.59. The largest absolute Gasteiger partial charge is 0.491 e. The summed E-state index contributed by atoms with van der Waals surface area (Å²) in [6.07, 6.45) is 1.23. The summed E-state index contributed by atoms with van der Waals surface area (Å²) in [5.74, 6) is 0.506. The summed E-state index contributed by atoms with van der Waals surface area (Å²) < 4.78 is 39.6. The molecule has 0 N–H and O–H groups in total. The maximum atomic E-state index is 13.7. The fraction of sp³-hybridized carbons (Fsp3) is 0.393. The fourth-order valence-electron chi connectivity index (χ4n) is 4.45. The van der Waals surface area contributed by atoms with Crippen molar-refractivity contribution in [3.05, 3.63) is 81.5 Å². The first-order valence-corrected chi connectivity index (χ1v) is 14.7. The van der Waals surface area contributed by atoms with Crippen LogP contribution in [0, 0.1) is 13.8 Å². The van der Waals surface area contributed by atoms with E-state index in [-0.39, 0.29) is 29.9 Å². The lowest BCUT2D eigenvalue weighted by atomic mass is 10.0. The van der Waals surface area contributed by atoms with Crippen molar-refractivity contribution < 1.29 is 22.7 Å². The molecule has 37 heavy (non-hydrogen) atoms. The molecular weight excluding hydrogens is 508 g/mol. The molecule has 1 atom stereocenters. The van der Waals surface area contributed by atoms with Crippen molar-refractivity contribution in [3.8, 4) is 5.75 Å². The predicted molar refractivity (Wildman–Crippen MR) is 146 cm³/mol. The Labute approximate surface area is 223 Å². The van der Waals surface area contributed by atoms with Crippen LogP contribution in [0.25, 0.3) is 0 Å². The first kappa shape index (κ1) is 27.3. The highest BCUT2D eigenvalue weighted by Crippen LogP contribution is 2.34. The number of sulfonamides is 1. The number of carbonyl (C=O) groups excluding carboxylic acids is 1. The molecule has 2 aromatic carbocycles. The van der Waals surface area contributed by atoms with Gasteiger partial charge in [0.1, 0.15) is 12.4 Å². The van der Waals surface area contributed by atoms with Crippen molar-refractivity contribution in [3.63, 3.8) is 0 Å². The monoisotopic (exact) mass is 542 g/mol. The minimum atomic E-state index is -3.86. The van der Waals surface area contributed by atoms with Crippen LogP contribution < -0.4 is 4.74 Å². The highest BCUT2D eigenvalue weighted by molar-refractivity contribution is 7.89. The van der Waals surface area contributed by atoms with Gasteiger partial charge in [0.15, 0.2) is 0 Å². The van der Waals surface area contributed by atoms with E-state index in [1.165, 1.54) is 9.18 Å². The molecule has 1 aromatic heterocycles. The number of nitrogens with zero attached hydrogens (tertiary/aromatic N) is 2. The zero-order valence-electron chi connectivity index (χ0n) is 21.6. The van der Waals surface area contributed by atoms with Gasteiger partial charge < -0.3 is 14.4 Å². The average Bonchev–Trinajstić information content (AvgIpc) is 3.37. The number of hydrogen-bond acceptors (Lipinski definition) is 6. The molecule has 0 spiro atoms. The summed E-state index contributed by atoms with van der Waals surface area (Å²) >= 11 is 1.68. The molecule has 1 amide bonds. The highest BCUT2D eigenvalue weighted by atomic mass is 32.2. The van der Waals surface area contributed by atoms with Gasteiger partial charge in [0.25, 0.3) is 0 Å². The second-order valence-corrected chi connectivity index (χ2v) is 12.2. The number of hydrogen-bond donors (Lipinski definition) is 0. The molecule has 0 saturated carbocycles. The first-order valence-electron chi connectivity index (χ1n) is 12.4. The van der Waals surface area contributed by atoms with Crippen LogP contribution in [-0.4, -0.2) is 63.5 Å². The van der Waals surface area contributed by atoms with E-state index in [4.69, 9.17) is 9.47 Å². The van der Waals surface area contributed by atoms with Gasteiger partial charge in [-0.25, -0.2) is 8.42 Å². The smallest absolute Gasteiger partial charge is 0.243 e. The maximum absolute atomic E-state index is 13.7. The predicted octanol–water partition coefficient (Wildman–Crippen LogP) is 4.60. The lowest BCUT2D eigenvalue weighted by Gasteiger charge is -2.37. The topological polar surface area (TPSA) is 76.2 Å². The minimum Gasteiger partial charge on any atom is -0.491 e. The molecule has 0 fully saturated rings. The van der Waals surface area contributed by atoms with Gasteiger partial charge in [0.05, 0.1) is 17.5 Å². The van der Waals surface area contributed by atoms with E-state index in [9.17, 15) is 13.2 Å². The zero-order chi connectivity index (χ0) is 26.4. The van der Waals surface area contributed by atoms with Gasteiger partial charge in [-0.1, -0.05) is 35.4 Å². The average molecular weight is 543 g/mol. The van der Waals surface area contributed by atoms with Crippen molar-refractivity contribution in [2.45, 2.75) is 37.6 Å². The molecule has 0 bridgehead atoms. The van der Waals surface area contributed by atoms with E-state index < -0.39 is 10.0 Å². The quantitative estimate of drug-likeness (QED) is 0.331. The van der Waals surface area contributed by atoms with Gasteiger partial charge >= 0.3 is 0 Å². The number of rotatable bonds is 11. The van der Waals surface area contributed by atoms with Crippen LogP contribution in [0.15, 0.2) is 64.9 Å². The molecule has 198 valence electrons. The number of aryl methyl sites for hydroxylation is 2. The molecule has 0 saturated heterocycles. The Kier molecular flexibility index (Phi) is 9.02. The standard InChI is InChI=1S/C28H34N2O5S2/c1-21-5-9-23(10-6-21)35-20-26-25-14-18-36-27(25)13-16-30(26)28(31)19-29(15-4-17-34-3)37(32,33)24-11-7-22(2)8-12-24/h5-12,14,18,26H,4,13,15-17,19-20H2,1-3H3. The Bertz CT molecular complexity index is 1290. The minimum absolute atomic E-state index is 0.182. The van der Waals surface area contributed by atoms with Crippen molar-refractivity contribution in [1.29, 1.82) is 0 Å². The van der Waals surface area contributed by atoms with Crippen molar-refractivity contribution >= 4 is 27.3 Å². The summed E-state index contributed by atoms with van der Waals surface area (Å²) in [5.41, 5.74) is 3.19. The number of ether oxygens (including phenoxy) is 2. The number of thiophene rings is 1. The summed E-state index contributed by atoms with van der Waals surface area (Å²) in [6, 6.07) is 16.3. The number of carbonyl (C=O) groups is 1. The van der Waals surface area contributed by atoms with E-state index in [0.717, 1.165) is 28.9 Å². The van der Waals surface area contributed by atoms with Gasteiger partial charge in [-0.15, -0.1) is 11.3 Å². The van der Waals surface area contributed by atoms with Crippen LogP contribution in [0.5, 0.6) is 5.75 Å². The van der Waals surface area contributed by atoms with E-state index in [1.54, 1.807) is 47.6 Å². The Morgan fingerprint density at radius 2 is 1.73 bits per heavy atom. The van der Waals surface area contributed by atoms with E-state index in [1.807, 2.05) is 49.6 Å². The number of fused-ring (bicyclic) bond motifs is 1. The molecule has 3 aromatic rings. The van der Waals surface area contributed by atoms with Crippen LogP contribution >= 0.6 is 11.3 Å². The first-order chi connectivity index (χ1) is 17.8. The second-order valence-electron chi connectivity index (χ2n) is 9.27. The van der Waals surface area contributed by atoms with Gasteiger partial charge in [-0.2, -0.15) is 4.31 Å². The van der Waals surface area contributed by atoms with Crippen molar-refractivity contribution in [1.82, 2.24) is 9.21 Å². The normalized spacial score (nSPS) is 15.6. The molecule has 0 aliphatic carbocycles. The van der Waals surface area contributed by atoms with Crippen molar-refractivity contribution in [2.75, 3.05) is 40.0 Å². The lowest BCUT2D eigenvalue weighted by Crippen LogP contribution is -2.48. The Morgan fingerprint density at radius 1 is 1.05 bits per heavy atom. The SMILES string of the molecule is COCCCN(CC(=O)N1CCc2sccc2C1COc1ccc(C)cc1)S(=O)(=O)c1ccc(C)cc1. The summed E-state index contributed by atoms with van der Waals surface area (Å²) in [4.78, 5) is 16.9. The van der Waals surface area contributed by atoms with Gasteiger partial charge in [0, 0.05) is 31.7 Å². The van der Waals surface area contributed by atoms with Gasteiger partial charge in [-0.3, -0.25) is 4.79 Å². The third-order valence-electron chi connectivity index (χ3n) is 6.57. The second kappa shape index (κ2) is 12.2. The molecule has 2 heterocycles. The Hall–Kier alpha value is -2.72. The van der Waals surface area contributed by atoms with Crippen LogP contribution in [0.1, 0.15) is 34.0 Å². The molecule has 0 radical (unpaired) electrons. The summed E-state index contributed by atoms with van der Waals surface area (Å²) in [7, 11) is -2.28. The van der Waals surface area contributed by atoms with Crippen LogP contribution in [-0.2, 0) is 26.0 Å². The molecular formula is C28H34N2O5S2.